The van der Waals surface area contributed by atoms with Gasteiger partial charge in [0.15, 0.2) is 16.4 Å². The average molecular weight is 397 g/mol. The highest BCUT2D eigenvalue weighted by Gasteiger charge is 2.29. The number of carboxylic acid groups (broad SMARTS) is 1. The summed E-state index contributed by atoms with van der Waals surface area (Å²) in [5.74, 6) is -2.42. The minimum absolute atomic E-state index is 0.139. The van der Waals surface area contributed by atoms with Crippen molar-refractivity contribution in [1.82, 2.24) is 4.90 Å². The first-order valence-electron chi connectivity index (χ1n) is 7.69. The van der Waals surface area contributed by atoms with Gasteiger partial charge in [0.1, 0.15) is 11.5 Å². The largest absolute Gasteiger partial charge is 0.484 e. The molecule has 0 aromatic heterocycles. The molecule has 1 N–H and O–H groups in total. The fourth-order valence-electron chi connectivity index (χ4n) is 2.46. The Hall–Kier alpha value is -1.81. The number of ether oxygens (including phenoxy) is 1. The zero-order chi connectivity index (χ0) is 20.1. The van der Waals surface area contributed by atoms with Crippen molar-refractivity contribution < 1.29 is 36.2 Å². The topological polar surface area (TPSA) is 83.9 Å². The Kier molecular flexibility index (Phi) is 7.45. The van der Waals surface area contributed by atoms with Gasteiger partial charge in [0.2, 0.25) is 0 Å². The normalized spacial score (nSPS) is 12.4. The third kappa shape index (κ3) is 8.05. The molecule has 0 atom stereocenters. The quantitative estimate of drug-likeness (QED) is 0.688. The van der Waals surface area contributed by atoms with Crippen LogP contribution in [0.25, 0.3) is 0 Å². The Morgan fingerprint density at radius 3 is 2.23 bits per heavy atom. The number of carboxylic acids is 1. The second-order valence-electron chi connectivity index (χ2n) is 6.19. The van der Waals surface area contributed by atoms with Crippen molar-refractivity contribution in [2.75, 3.05) is 31.7 Å². The predicted molar refractivity (Wildman–Crippen MR) is 90.1 cm³/mol. The summed E-state index contributed by atoms with van der Waals surface area (Å²) in [6.07, 6.45) is -4.42. The molecule has 10 heteroatoms. The maximum absolute atomic E-state index is 12.3. The van der Waals surface area contributed by atoms with E-state index in [0.29, 0.717) is 17.7 Å². The number of hydrogen-bond acceptors (Lipinski definition) is 5. The van der Waals surface area contributed by atoms with E-state index in [1.54, 1.807) is 37.9 Å². The van der Waals surface area contributed by atoms with Crippen molar-refractivity contribution >= 4 is 15.8 Å². The number of rotatable bonds is 9. The van der Waals surface area contributed by atoms with Crippen LogP contribution in [-0.2, 0) is 21.2 Å². The second kappa shape index (κ2) is 8.72. The molecule has 26 heavy (non-hydrogen) atoms. The second-order valence-corrected chi connectivity index (χ2v) is 8.37. The van der Waals surface area contributed by atoms with Gasteiger partial charge in [0, 0.05) is 13.1 Å². The molecule has 0 bridgehead atoms. The lowest BCUT2D eigenvalue weighted by Gasteiger charge is -2.19. The van der Waals surface area contributed by atoms with E-state index in [-0.39, 0.29) is 18.0 Å². The zero-order valence-electron chi connectivity index (χ0n) is 14.8. The molecule has 0 amide bonds. The molecule has 148 valence electrons. The Morgan fingerprint density at radius 2 is 1.77 bits per heavy atom. The van der Waals surface area contributed by atoms with Gasteiger partial charge in [0.05, 0.1) is 5.75 Å². The van der Waals surface area contributed by atoms with Crippen molar-refractivity contribution in [3.63, 3.8) is 0 Å². The number of benzene rings is 1. The lowest BCUT2D eigenvalue weighted by molar-refractivity contribution is -0.153. The first-order valence-corrected chi connectivity index (χ1v) is 9.51. The summed E-state index contributed by atoms with van der Waals surface area (Å²) in [4.78, 5) is 12.2. The van der Waals surface area contributed by atoms with E-state index in [1.807, 2.05) is 0 Å². The standard InChI is InChI=1S/C16H22F3NO5S/c1-11-6-13(7-12(2)15(11)25-10-16(17,18)19)8-20(3)4-5-26(23,24)9-14(21)22/h6-7H,4-5,8-10H2,1-3H3,(H,21,22). The van der Waals surface area contributed by atoms with Crippen LogP contribution in [0.4, 0.5) is 13.2 Å². The Labute approximate surface area is 150 Å². The Bertz CT molecular complexity index is 724. The van der Waals surface area contributed by atoms with Crippen LogP contribution < -0.4 is 4.74 Å². The maximum Gasteiger partial charge on any atom is 0.422 e. The van der Waals surface area contributed by atoms with Gasteiger partial charge in [-0.25, -0.2) is 8.42 Å². The number of alkyl halides is 3. The molecule has 1 rings (SSSR count). The molecule has 1 aromatic rings. The van der Waals surface area contributed by atoms with Crippen molar-refractivity contribution in [3.8, 4) is 5.75 Å². The van der Waals surface area contributed by atoms with Gasteiger partial charge in [-0.1, -0.05) is 12.1 Å². The number of sulfone groups is 1. The number of aryl methyl sites for hydroxylation is 2. The molecule has 0 unspecified atom stereocenters. The van der Waals surface area contributed by atoms with Crippen LogP contribution in [0.1, 0.15) is 16.7 Å². The highest BCUT2D eigenvalue weighted by Crippen LogP contribution is 2.27. The van der Waals surface area contributed by atoms with Crippen LogP contribution >= 0.6 is 0 Å². The smallest absolute Gasteiger partial charge is 0.422 e. The number of carbonyl (C=O) groups is 1. The van der Waals surface area contributed by atoms with Gasteiger partial charge in [0.25, 0.3) is 0 Å². The summed E-state index contributed by atoms with van der Waals surface area (Å²) in [5.41, 5.74) is 1.89. The summed E-state index contributed by atoms with van der Waals surface area (Å²) in [5, 5.41) is 8.56. The lowest BCUT2D eigenvalue weighted by atomic mass is 10.1. The van der Waals surface area contributed by atoms with E-state index < -0.39 is 34.3 Å². The van der Waals surface area contributed by atoms with Gasteiger partial charge in [-0.3, -0.25) is 4.79 Å². The van der Waals surface area contributed by atoms with Crippen LogP contribution in [0.2, 0.25) is 0 Å². The van der Waals surface area contributed by atoms with Gasteiger partial charge in [-0.15, -0.1) is 0 Å². The van der Waals surface area contributed by atoms with Gasteiger partial charge in [-0.2, -0.15) is 13.2 Å². The third-order valence-electron chi connectivity index (χ3n) is 3.48. The van der Waals surface area contributed by atoms with E-state index in [2.05, 4.69) is 0 Å². The molecule has 0 radical (unpaired) electrons. The summed E-state index contributed by atoms with van der Waals surface area (Å²) in [6, 6.07) is 3.36. The SMILES string of the molecule is Cc1cc(CN(C)CCS(=O)(=O)CC(=O)O)cc(C)c1OCC(F)(F)F. The molecule has 0 spiro atoms. The number of nitrogens with zero attached hydrogens (tertiary/aromatic N) is 1. The number of hydrogen-bond donors (Lipinski definition) is 1. The first-order chi connectivity index (χ1) is 11.8. The zero-order valence-corrected chi connectivity index (χ0v) is 15.6. The van der Waals surface area contributed by atoms with Crippen LogP contribution in [0.3, 0.4) is 0 Å². The van der Waals surface area contributed by atoms with Crippen LogP contribution in [-0.4, -0.2) is 62.3 Å². The molecule has 0 saturated carbocycles. The summed E-state index contributed by atoms with van der Waals surface area (Å²) in [7, 11) is -2.00. The van der Waals surface area contributed by atoms with Crippen molar-refractivity contribution in [2.24, 2.45) is 0 Å². The minimum atomic E-state index is -4.42. The first kappa shape index (κ1) is 22.2. The van der Waals surface area contributed by atoms with Crippen molar-refractivity contribution in [2.45, 2.75) is 26.6 Å². The van der Waals surface area contributed by atoms with E-state index in [1.165, 1.54) is 0 Å². The Morgan fingerprint density at radius 1 is 1.23 bits per heavy atom. The lowest BCUT2D eigenvalue weighted by Crippen LogP contribution is -2.28. The summed E-state index contributed by atoms with van der Waals surface area (Å²) in [6.45, 7) is 2.41. The van der Waals surface area contributed by atoms with Crippen LogP contribution in [0, 0.1) is 13.8 Å². The molecule has 6 nitrogen and oxygen atoms in total. The van der Waals surface area contributed by atoms with Crippen molar-refractivity contribution in [3.05, 3.63) is 28.8 Å². The Balaban J connectivity index is 2.71. The van der Waals surface area contributed by atoms with E-state index >= 15 is 0 Å². The molecule has 0 aliphatic heterocycles. The molecule has 0 aliphatic rings. The summed E-state index contributed by atoms with van der Waals surface area (Å²) >= 11 is 0. The molecule has 0 aliphatic carbocycles. The summed E-state index contributed by atoms with van der Waals surface area (Å²) < 4.78 is 64.9. The number of aliphatic carboxylic acids is 1. The van der Waals surface area contributed by atoms with Gasteiger partial charge >= 0.3 is 12.1 Å². The monoisotopic (exact) mass is 397 g/mol. The van der Waals surface area contributed by atoms with Gasteiger partial charge in [-0.05, 0) is 37.6 Å². The molecular formula is C16H22F3NO5S. The molecule has 1 aromatic carbocycles. The number of halogens is 3. The van der Waals surface area contributed by atoms with E-state index in [4.69, 9.17) is 9.84 Å². The van der Waals surface area contributed by atoms with Crippen molar-refractivity contribution in [1.29, 1.82) is 0 Å². The molecule has 0 heterocycles. The third-order valence-corrected chi connectivity index (χ3v) is 4.97. The highest BCUT2D eigenvalue weighted by molar-refractivity contribution is 7.92. The van der Waals surface area contributed by atoms with Crippen LogP contribution in [0.5, 0.6) is 5.75 Å². The highest BCUT2D eigenvalue weighted by atomic mass is 32.2. The molecule has 0 saturated heterocycles. The molecular weight excluding hydrogens is 375 g/mol. The fourth-order valence-corrected chi connectivity index (χ4v) is 3.57. The average Bonchev–Trinajstić information content (AvgIpc) is 2.41. The maximum atomic E-state index is 12.3. The fraction of sp³-hybridized carbons (Fsp3) is 0.562. The van der Waals surface area contributed by atoms with E-state index in [9.17, 15) is 26.4 Å². The van der Waals surface area contributed by atoms with Gasteiger partial charge < -0.3 is 14.7 Å². The minimum Gasteiger partial charge on any atom is -0.484 e. The van der Waals surface area contributed by atoms with Crippen LogP contribution in [0.15, 0.2) is 12.1 Å². The predicted octanol–water partition coefficient (Wildman–Crippen LogP) is 2.18. The molecule has 0 fully saturated rings. The van der Waals surface area contributed by atoms with E-state index in [0.717, 1.165) is 5.56 Å².